The molecule has 0 N–H and O–H groups in total. The fourth-order valence-electron chi connectivity index (χ4n) is 3.63. The third kappa shape index (κ3) is 2.27. The summed E-state index contributed by atoms with van der Waals surface area (Å²) >= 11 is 6.28. The van der Waals surface area contributed by atoms with Crippen LogP contribution in [0, 0.1) is 13.8 Å². The summed E-state index contributed by atoms with van der Waals surface area (Å²) in [6.07, 6.45) is 4.14. The maximum Gasteiger partial charge on any atom is 0.254 e. The van der Waals surface area contributed by atoms with Crippen LogP contribution in [0.3, 0.4) is 0 Å². The van der Waals surface area contributed by atoms with Gasteiger partial charge in [0.25, 0.3) is 5.91 Å². The smallest absolute Gasteiger partial charge is 0.254 e. The third-order valence-corrected chi connectivity index (χ3v) is 4.88. The van der Waals surface area contributed by atoms with Crippen molar-refractivity contribution in [3.63, 3.8) is 0 Å². The van der Waals surface area contributed by atoms with E-state index in [4.69, 9.17) is 11.6 Å². The predicted molar refractivity (Wildman–Crippen MR) is 77.8 cm³/mol. The van der Waals surface area contributed by atoms with Gasteiger partial charge < -0.3 is 4.90 Å². The van der Waals surface area contributed by atoms with Crippen molar-refractivity contribution < 1.29 is 4.79 Å². The Balaban J connectivity index is 1.88. The van der Waals surface area contributed by atoms with Crippen molar-refractivity contribution >= 4 is 17.5 Å². The molecule has 0 aliphatic carbocycles. The summed E-state index contributed by atoms with van der Waals surface area (Å²) in [7, 11) is 0. The minimum absolute atomic E-state index is 0.202. The normalized spacial score (nSPS) is 29.6. The molecule has 1 aromatic rings. The molecule has 1 amide bonds. The second-order valence-electron chi connectivity index (χ2n) is 5.98. The van der Waals surface area contributed by atoms with E-state index < -0.39 is 0 Å². The molecule has 3 heteroatoms. The first kappa shape index (κ1) is 13.0. The van der Waals surface area contributed by atoms with Crippen molar-refractivity contribution in [2.75, 3.05) is 0 Å². The number of hydrogen-bond donors (Lipinski definition) is 0. The van der Waals surface area contributed by atoms with E-state index in [0.717, 1.165) is 36.8 Å². The topological polar surface area (TPSA) is 20.3 Å². The summed E-state index contributed by atoms with van der Waals surface area (Å²) in [5.74, 6) is 0.202. The molecule has 0 spiro atoms. The van der Waals surface area contributed by atoms with Gasteiger partial charge in [-0.2, -0.15) is 0 Å². The van der Waals surface area contributed by atoms with Crippen molar-refractivity contribution in [3.8, 4) is 0 Å². The number of carbonyl (C=O) groups excluding carboxylic acids is 1. The molecular weight excluding hydrogens is 258 g/mol. The highest BCUT2D eigenvalue weighted by Crippen LogP contribution is 2.38. The summed E-state index contributed by atoms with van der Waals surface area (Å²) in [6.45, 7) is 4.08. The van der Waals surface area contributed by atoms with Crippen molar-refractivity contribution in [3.05, 3.63) is 34.9 Å². The lowest BCUT2D eigenvalue weighted by atomic mass is 9.99. The Morgan fingerprint density at radius 2 is 1.84 bits per heavy atom. The summed E-state index contributed by atoms with van der Waals surface area (Å²) in [6, 6.07) is 6.79. The lowest BCUT2D eigenvalue weighted by molar-refractivity contribution is 0.0599. The molecule has 2 unspecified atom stereocenters. The van der Waals surface area contributed by atoms with Crippen LogP contribution in [0.4, 0.5) is 0 Å². The van der Waals surface area contributed by atoms with Gasteiger partial charge in [0.2, 0.25) is 0 Å². The Hall–Kier alpha value is -1.02. The Labute approximate surface area is 119 Å². The lowest BCUT2D eigenvalue weighted by Gasteiger charge is -2.37. The zero-order chi connectivity index (χ0) is 13.6. The van der Waals surface area contributed by atoms with Crippen molar-refractivity contribution in [1.29, 1.82) is 0 Å². The SMILES string of the molecule is Cc1ccc(C(=O)N2C3CCC2CC(Cl)C3)c(C)c1. The molecule has 2 heterocycles. The largest absolute Gasteiger partial charge is 0.333 e. The zero-order valence-electron chi connectivity index (χ0n) is 11.5. The molecule has 102 valence electrons. The van der Waals surface area contributed by atoms with E-state index in [9.17, 15) is 4.79 Å². The number of nitrogens with zero attached hydrogens (tertiary/aromatic N) is 1. The molecule has 0 saturated carbocycles. The highest BCUT2D eigenvalue weighted by Gasteiger charge is 2.43. The zero-order valence-corrected chi connectivity index (χ0v) is 12.3. The van der Waals surface area contributed by atoms with Gasteiger partial charge in [-0.05, 0) is 51.2 Å². The molecule has 19 heavy (non-hydrogen) atoms. The summed E-state index contributed by atoms with van der Waals surface area (Å²) in [5.41, 5.74) is 3.14. The average molecular weight is 278 g/mol. The summed E-state index contributed by atoms with van der Waals surface area (Å²) < 4.78 is 0. The highest BCUT2D eigenvalue weighted by atomic mass is 35.5. The number of hydrogen-bond acceptors (Lipinski definition) is 1. The van der Waals surface area contributed by atoms with Crippen LogP contribution in [0.1, 0.15) is 47.2 Å². The monoisotopic (exact) mass is 277 g/mol. The molecular formula is C16H20ClNO. The van der Waals surface area contributed by atoms with Gasteiger partial charge in [-0.15, -0.1) is 11.6 Å². The van der Waals surface area contributed by atoms with Gasteiger partial charge in [0.15, 0.2) is 0 Å². The van der Waals surface area contributed by atoms with E-state index in [1.807, 2.05) is 19.1 Å². The summed E-state index contributed by atoms with van der Waals surface area (Å²) in [5, 5.41) is 0.251. The number of amides is 1. The van der Waals surface area contributed by atoms with E-state index in [1.54, 1.807) is 0 Å². The van der Waals surface area contributed by atoms with Crippen LogP contribution < -0.4 is 0 Å². The number of aryl methyl sites for hydroxylation is 2. The Kier molecular flexibility index (Phi) is 3.30. The van der Waals surface area contributed by atoms with Crippen LogP contribution in [0.15, 0.2) is 18.2 Å². The van der Waals surface area contributed by atoms with Gasteiger partial charge >= 0.3 is 0 Å². The minimum atomic E-state index is 0.202. The Bertz CT molecular complexity index is 499. The van der Waals surface area contributed by atoms with Crippen molar-refractivity contribution in [1.82, 2.24) is 4.90 Å². The maximum absolute atomic E-state index is 12.8. The average Bonchev–Trinajstić information content (AvgIpc) is 2.61. The van der Waals surface area contributed by atoms with Crippen LogP contribution in [0.25, 0.3) is 0 Å². The number of carbonyl (C=O) groups is 1. The van der Waals surface area contributed by atoms with E-state index in [1.165, 1.54) is 5.56 Å². The van der Waals surface area contributed by atoms with Gasteiger partial charge in [-0.25, -0.2) is 0 Å². The fourth-order valence-corrected chi connectivity index (χ4v) is 4.05. The summed E-state index contributed by atoms with van der Waals surface area (Å²) in [4.78, 5) is 14.9. The van der Waals surface area contributed by atoms with Crippen LogP contribution in [0.5, 0.6) is 0 Å². The van der Waals surface area contributed by atoms with Crippen LogP contribution >= 0.6 is 11.6 Å². The van der Waals surface area contributed by atoms with Gasteiger partial charge in [0.05, 0.1) is 0 Å². The quantitative estimate of drug-likeness (QED) is 0.717. The first-order valence-electron chi connectivity index (χ1n) is 7.10. The molecule has 0 aromatic heterocycles. The number of piperidine rings is 1. The van der Waals surface area contributed by atoms with Gasteiger partial charge in [0, 0.05) is 23.0 Å². The molecule has 1 aromatic carbocycles. The third-order valence-electron chi connectivity index (χ3n) is 4.52. The molecule has 2 nitrogen and oxygen atoms in total. The van der Waals surface area contributed by atoms with E-state index >= 15 is 0 Å². The maximum atomic E-state index is 12.8. The molecule has 2 aliphatic heterocycles. The minimum Gasteiger partial charge on any atom is -0.333 e. The van der Waals surface area contributed by atoms with Crippen molar-refractivity contribution in [2.24, 2.45) is 0 Å². The fraction of sp³-hybridized carbons (Fsp3) is 0.562. The second-order valence-corrected chi connectivity index (χ2v) is 6.60. The van der Waals surface area contributed by atoms with E-state index in [-0.39, 0.29) is 11.3 Å². The Morgan fingerprint density at radius 3 is 2.42 bits per heavy atom. The van der Waals surface area contributed by atoms with Crippen LogP contribution in [-0.2, 0) is 0 Å². The van der Waals surface area contributed by atoms with Gasteiger partial charge in [-0.3, -0.25) is 4.79 Å². The lowest BCUT2D eigenvalue weighted by Crippen LogP contribution is -2.47. The van der Waals surface area contributed by atoms with Crippen molar-refractivity contribution in [2.45, 2.75) is 57.0 Å². The van der Waals surface area contributed by atoms with Gasteiger partial charge in [0.1, 0.15) is 0 Å². The van der Waals surface area contributed by atoms with Crippen LogP contribution in [0.2, 0.25) is 0 Å². The number of fused-ring (bicyclic) bond motifs is 2. The van der Waals surface area contributed by atoms with E-state index in [2.05, 4.69) is 17.9 Å². The first-order chi connectivity index (χ1) is 9.06. The standard InChI is InChI=1S/C16H20ClNO/c1-10-3-6-15(11(2)7-10)16(19)18-13-4-5-14(18)9-12(17)8-13/h3,6-7,12-14H,4-5,8-9H2,1-2H3. The highest BCUT2D eigenvalue weighted by molar-refractivity contribution is 6.20. The molecule has 2 bridgehead atoms. The molecule has 3 rings (SSSR count). The molecule has 2 fully saturated rings. The molecule has 2 atom stereocenters. The van der Waals surface area contributed by atoms with Crippen LogP contribution in [-0.4, -0.2) is 28.3 Å². The molecule has 2 aliphatic rings. The Morgan fingerprint density at radius 1 is 1.21 bits per heavy atom. The molecule has 2 saturated heterocycles. The predicted octanol–water partition coefficient (Wildman–Crippen LogP) is 3.68. The number of benzene rings is 1. The second kappa shape index (κ2) is 4.82. The number of rotatable bonds is 1. The number of halogens is 1. The first-order valence-corrected chi connectivity index (χ1v) is 7.54. The number of alkyl halides is 1. The van der Waals surface area contributed by atoms with Gasteiger partial charge in [-0.1, -0.05) is 17.7 Å². The van der Waals surface area contributed by atoms with E-state index in [0.29, 0.717) is 12.1 Å². The molecule has 0 radical (unpaired) electrons.